The Hall–Kier alpha value is -3.46. The maximum Gasteiger partial charge on any atom is 0.271 e. The molecule has 1 N–H and O–H groups in total. The molecule has 0 bridgehead atoms. The van der Waals surface area contributed by atoms with Crippen molar-refractivity contribution in [1.82, 2.24) is 10.4 Å². The average molecular weight is 414 g/mol. The molecule has 1 aromatic heterocycles. The molecule has 3 rings (SSSR count). The number of carbonyl (C=O) groups is 2. The molecule has 0 saturated heterocycles. The molecule has 6 nitrogen and oxygen atoms in total. The van der Waals surface area contributed by atoms with E-state index in [0.29, 0.717) is 17.3 Å². The molecular formula is C20H16F2N4O2S. The van der Waals surface area contributed by atoms with Crippen LogP contribution in [0, 0.1) is 18.6 Å². The molecule has 9 heteroatoms. The Bertz CT molecular complexity index is 1100. The van der Waals surface area contributed by atoms with Gasteiger partial charge in [0.2, 0.25) is 5.91 Å². The van der Waals surface area contributed by atoms with Gasteiger partial charge < -0.3 is 0 Å². The molecule has 3 aromatic rings. The molecule has 0 radical (unpaired) electrons. The summed E-state index contributed by atoms with van der Waals surface area (Å²) in [5.41, 5.74) is 3.98. The van der Waals surface area contributed by atoms with E-state index >= 15 is 0 Å². The summed E-state index contributed by atoms with van der Waals surface area (Å²) in [6.07, 6.45) is 1.31. The molecule has 0 aliphatic rings. The zero-order chi connectivity index (χ0) is 21.0. The maximum atomic E-state index is 14.1. The zero-order valence-corrected chi connectivity index (χ0v) is 16.3. The van der Waals surface area contributed by atoms with Crippen molar-refractivity contribution in [3.63, 3.8) is 0 Å². The lowest BCUT2D eigenvalue weighted by molar-refractivity contribution is -0.115. The lowest BCUT2D eigenvalue weighted by Crippen LogP contribution is -2.23. The number of anilines is 2. The van der Waals surface area contributed by atoms with E-state index in [1.54, 1.807) is 17.5 Å². The van der Waals surface area contributed by atoms with Gasteiger partial charge in [0.25, 0.3) is 5.91 Å². The number of halogens is 2. The van der Waals surface area contributed by atoms with E-state index in [1.807, 2.05) is 19.1 Å². The second-order valence-corrected chi connectivity index (χ2v) is 6.86. The van der Waals surface area contributed by atoms with Crippen molar-refractivity contribution < 1.29 is 18.4 Å². The molecule has 0 aliphatic heterocycles. The third-order valence-corrected chi connectivity index (χ3v) is 4.76. The largest absolute Gasteiger partial charge is 0.274 e. The predicted octanol–water partition coefficient (Wildman–Crippen LogP) is 4.18. The van der Waals surface area contributed by atoms with Crippen LogP contribution >= 0.6 is 11.3 Å². The van der Waals surface area contributed by atoms with Gasteiger partial charge in [0.05, 0.1) is 17.6 Å². The molecule has 148 valence electrons. The number of aromatic nitrogens is 1. The minimum absolute atomic E-state index is 0.107. The molecule has 0 aliphatic carbocycles. The first-order valence-corrected chi connectivity index (χ1v) is 9.35. The van der Waals surface area contributed by atoms with Crippen LogP contribution in [0.2, 0.25) is 0 Å². The van der Waals surface area contributed by atoms with Crippen molar-refractivity contribution in [1.29, 1.82) is 0 Å². The highest BCUT2D eigenvalue weighted by molar-refractivity contribution is 7.14. The zero-order valence-electron chi connectivity index (χ0n) is 15.5. The lowest BCUT2D eigenvalue weighted by Gasteiger charge is -2.18. The van der Waals surface area contributed by atoms with Gasteiger partial charge in [0.1, 0.15) is 11.6 Å². The smallest absolute Gasteiger partial charge is 0.271 e. The quantitative estimate of drug-likeness (QED) is 0.503. The standard InChI is InChI=1S/C20H16F2N4O2S/c1-12-5-3-4-6-16(12)19(28)25-23-10-15-11-29-20(24-15)26(13(2)27)18-8-7-14(21)9-17(18)22/h3-11H,1-2H3,(H,25,28)/b23-10-. The summed E-state index contributed by atoms with van der Waals surface area (Å²) < 4.78 is 27.3. The van der Waals surface area contributed by atoms with Crippen LogP contribution in [0.1, 0.15) is 28.5 Å². The van der Waals surface area contributed by atoms with Crippen LogP contribution in [0.4, 0.5) is 19.6 Å². The van der Waals surface area contributed by atoms with E-state index in [-0.39, 0.29) is 16.7 Å². The van der Waals surface area contributed by atoms with Crippen LogP contribution in [0.15, 0.2) is 52.9 Å². The normalized spacial score (nSPS) is 10.9. The number of rotatable bonds is 5. The van der Waals surface area contributed by atoms with Gasteiger partial charge in [-0.15, -0.1) is 11.3 Å². The predicted molar refractivity (Wildman–Crippen MR) is 108 cm³/mol. The van der Waals surface area contributed by atoms with E-state index in [4.69, 9.17) is 0 Å². The first-order valence-electron chi connectivity index (χ1n) is 8.47. The van der Waals surface area contributed by atoms with Crippen molar-refractivity contribution >= 4 is 40.2 Å². The Labute approximate surface area is 169 Å². The average Bonchev–Trinajstić information content (AvgIpc) is 3.12. The summed E-state index contributed by atoms with van der Waals surface area (Å²) >= 11 is 1.08. The monoisotopic (exact) mass is 414 g/mol. The fourth-order valence-electron chi connectivity index (χ4n) is 2.55. The van der Waals surface area contributed by atoms with Crippen LogP contribution in [-0.2, 0) is 4.79 Å². The third kappa shape index (κ3) is 4.69. The van der Waals surface area contributed by atoms with Gasteiger partial charge in [-0.1, -0.05) is 18.2 Å². The van der Waals surface area contributed by atoms with E-state index in [1.165, 1.54) is 19.2 Å². The van der Waals surface area contributed by atoms with Crippen LogP contribution in [0.3, 0.4) is 0 Å². The number of amides is 2. The molecule has 0 spiro atoms. The third-order valence-electron chi connectivity index (χ3n) is 3.92. The van der Waals surface area contributed by atoms with Gasteiger partial charge in [-0.2, -0.15) is 5.10 Å². The van der Waals surface area contributed by atoms with Crippen molar-refractivity contribution in [2.24, 2.45) is 5.10 Å². The Morgan fingerprint density at radius 3 is 2.66 bits per heavy atom. The Kier molecular flexibility index (Phi) is 6.08. The molecule has 2 amide bonds. The summed E-state index contributed by atoms with van der Waals surface area (Å²) in [6.45, 7) is 3.07. The topological polar surface area (TPSA) is 74.7 Å². The SMILES string of the molecule is CC(=O)N(c1nc(/C=N\NC(=O)c2ccccc2C)cs1)c1ccc(F)cc1F. The van der Waals surface area contributed by atoms with Crippen LogP contribution < -0.4 is 10.3 Å². The second kappa shape index (κ2) is 8.70. The summed E-state index contributed by atoms with van der Waals surface area (Å²) in [6, 6.07) is 10.0. The van der Waals surface area contributed by atoms with Crippen LogP contribution in [-0.4, -0.2) is 23.0 Å². The number of nitrogens with zero attached hydrogens (tertiary/aromatic N) is 3. The van der Waals surface area contributed by atoms with E-state index in [0.717, 1.165) is 27.9 Å². The first kappa shape index (κ1) is 20.3. The highest BCUT2D eigenvalue weighted by atomic mass is 32.1. The molecule has 0 atom stereocenters. The van der Waals surface area contributed by atoms with E-state index in [9.17, 15) is 18.4 Å². The van der Waals surface area contributed by atoms with Gasteiger partial charge in [0, 0.05) is 23.9 Å². The van der Waals surface area contributed by atoms with Crippen molar-refractivity contribution in [3.8, 4) is 0 Å². The molecule has 0 fully saturated rings. The Balaban J connectivity index is 1.76. The summed E-state index contributed by atoms with van der Waals surface area (Å²) in [4.78, 5) is 29.4. The molecule has 0 unspecified atom stereocenters. The maximum absolute atomic E-state index is 14.1. The highest BCUT2D eigenvalue weighted by Gasteiger charge is 2.21. The lowest BCUT2D eigenvalue weighted by atomic mass is 10.1. The number of hydrogen-bond acceptors (Lipinski definition) is 5. The van der Waals surface area contributed by atoms with Crippen molar-refractivity contribution in [3.05, 3.63) is 76.3 Å². The second-order valence-electron chi connectivity index (χ2n) is 6.02. The van der Waals surface area contributed by atoms with Gasteiger partial charge >= 0.3 is 0 Å². The molecular weight excluding hydrogens is 398 g/mol. The number of thiazole rings is 1. The molecule has 1 heterocycles. The molecule has 29 heavy (non-hydrogen) atoms. The van der Waals surface area contributed by atoms with E-state index in [2.05, 4.69) is 15.5 Å². The number of carbonyl (C=O) groups excluding carboxylic acids is 2. The number of hydrazone groups is 1. The van der Waals surface area contributed by atoms with E-state index < -0.39 is 17.5 Å². The fourth-order valence-corrected chi connectivity index (χ4v) is 3.38. The molecule has 0 saturated carbocycles. The fraction of sp³-hybridized carbons (Fsp3) is 0.100. The number of benzene rings is 2. The Morgan fingerprint density at radius 2 is 1.97 bits per heavy atom. The van der Waals surface area contributed by atoms with Crippen LogP contribution in [0.25, 0.3) is 0 Å². The van der Waals surface area contributed by atoms with Gasteiger partial charge in [-0.05, 0) is 30.7 Å². The minimum atomic E-state index is -0.879. The number of hydrogen-bond donors (Lipinski definition) is 1. The Morgan fingerprint density at radius 1 is 1.21 bits per heavy atom. The summed E-state index contributed by atoms with van der Waals surface area (Å²) in [7, 11) is 0. The van der Waals surface area contributed by atoms with Crippen molar-refractivity contribution in [2.45, 2.75) is 13.8 Å². The van der Waals surface area contributed by atoms with Gasteiger partial charge in [-0.25, -0.2) is 19.2 Å². The minimum Gasteiger partial charge on any atom is -0.274 e. The van der Waals surface area contributed by atoms with Crippen molar-refractivity contribution in [2.75, 3.05) is 4.90 Å². The highest BCUT2D eigenvalue weighted by Crippen LogP contribution is 2.30. The summed E-state index contributed by atoms with van der Waals surface area (Å²) in [5, 5.41) is 5.65. The summed E-state index contributed by atoms with van der Waals surface area (Å²) in [5.74, 6) is -2.48. The molecule has 2 aromatic carbocycles. The number of nitrogens with one attached hydrogen (secondary N) is 1. The van der Waals surface area contributed by atoms with Gasteiger partial charge in [0.15, 0.2) is 5.13 Å². The van der Waals surface area contributed by atoms with Gasteiger partial charge in [-0.3, -0.25) is 14.5 Å². The first-order chi connectivity index (χ1) is 13.9. The number of aryl methyl sites for hydroxylation is 1. The van der Waals surface area contributed by atoms with Crippen LogP contribution in [0.5, 0.6) is 0 Å².